The number of nitrogens with zero attached hydrogens (tertiary/aromatic N) is 2. The predicted octanol–water partition coefficient (Wildman–Crippen LogP) is 2.57. The van der Waals surface area contributed by atoms with Crippen LogP contribution >= 0.6 is 0 Å². The van der Waals surface area contributed by atoms with Crippen molar-refractivity contribution in [1.82, 2.24) is 15.1 Å². The Morgan fingerprint density at radius 2 is 1.67 bits per heavy atom. The normalized spacial score (nSPS) is 43.3. The monoisotopic (exact) mass is 293 g/mol. The molecule has 5 unspecified atom stereocenters. The Kier molecular flexibility index (Phi) is 5.23. The quantitative estimate of drug-likeness (QED) is 0.863. The molecule has 2 aliphatic heterocycles. The van der Waals surface area contributed by atoms with E-state index in [2.05, 4.69) is 36.0 Å². The average molecular weight is 293 g/mol. The third kappa shape index (κ3) is 3.46. The first-order chi connectivity index (χ1) is 10.2. The lowest BCUT2D eigenvalue weighted by atomic mass is 9.76. The number of piperidine rings is 1. The molecule has 1 saturated carbocycles. The Morgan fingerprint density at radius 1 is 0.905 bits per heavy atom. The molecular formula is C18H35N3. The van der Waals surface area contributed by atoms with Crippen molar-refractivity contribution in [3.63, 3.8) is 0 Å². The second kappa shape index (κ2) is 6.97. The first-order valence-corrected chi connectivity index (χ1v) is 9.34. The molecule has 0 amide bonds. The van der Waals surface area contributed by atoms with E-state index in [4.69, 9.17) is 0 Å². The molecule has 0 aromatic rings. The topological polar surface area (TPSA) is 18.5 Å². The molecule has 0 aromatic heterocycles. The summed E-state index contributed by atoms with van der Waals surface area (Å²) >= 11 is 0. The molecule has 0 aromatic carbocycles. The van der Waals surface area contributed by atoms with Crippen LogP contribution in [0.25, 0.3) is 0 Å². The Bertz CT molecular complexity index is 326. The maximum Gasteiger partial charge on any atom is 0.0275 e. The van der Waals surface area contributed by atoms with Gasteiger partial charge in [-0.05, 0) is 64.1 Å². The Morgan fingerprint density at radius 3 is 2.38 bits per heavy atom. The Hall–Kier alpha value is -0.120. The zero-order valence-corrected chi connectivity index (χ0v) is 14.4. The fourth-order valence-electron chi connectivity index (χ4n) is 5.36. The smallest absolute Gasteiger partial charge is 0.0275 e. The van der Waals surface area contributed by atoms with Crippen LogP contribution in [0.4, 0.5) is 0 Å². The standard InChI is InChI=1S/C18H35N3/c1-14-11-15(2)18(17(12-14)19-3)21-10-7-16(13-21)20-8-5-4-6-9-20/h14-19H,4-13H2,1-3H3. The van der Waals surface area contributed by atoms with Gasteiger partial charge in [0.25, 0.3) is 0 Å². The molecule has 1 aliphatic carbocycles. The third-order valence-electron chi connectivity index (χ3n) is 6.32. The third-order valence-corrected chi connectivity index (χ3v) is 6.32. The van der Waals surface area contributed by atoms with Crippen LogP contribution in [0.3, 0.4) is 0 Å². The molecule has 21 heavy (non-hydrogen) atoms. The van der Waals surface area contributed by atoms with Crippen LogP contribution < -0.4 is 5.32 Å². The Balaban J connectivity index is 1.61. The van der Waals surface area contributed by atoms with Gasteiger partial charge in [0.1, 0.15) is 0 Å². The van der Waals surface area contributed by atoms with E-state index >= 15 is 0 Å². The van der Waals surface area contributed by atoms with E-state index in [1.165, 1.54) is 64.7 Å². The van der Waals surface area contributed by atoms with Gasteiger partial charge in [-0.1, -0.05) is 20.3 Å². The van der Waals surface area contributed by atoms with Gasteiger partial charge in [-0.2, -0.15) is 0 Å². The molecule has 3 nitrogen and oxygen atoms in total. The number of nitrogens with one attached hydrogen (secondary N) is 1. The molecule has 3 aliphatic rings. The number of hydrogen-bond donors (Lipinski definition) is 1. The van der Waals surface area contributed by atoms with Crippen molar-refractivity contribution >= 4 is 0 Å². The van der Waals surface area contributed by atoms with E-state index in [0.717, 1.165) is 23.9 Å². The average Bonchev–Trinajstić information content (AvgIpc) is 2.96. The van der Waals surface area contributed by atoms with E-state index in [0.29, 0.717) is 6.04 Å². The second-order valence-corrected chi connectivity index (χ2v) is 7.97. The van der Waals surface area contributed by atoms with Crippen LogP contribution in [0.15, 0.2) is 0 Å². The summed E-state index contributed by atoms with van der Waals surface area (Å²) in [7, 11) is 2.17. The van der Waals surface area contributed by atoms with Crippen molar-refractivity contribution in [2.24, 2.45) is 11.8 Å². The maximum absolute atomic E-state index is 3.63. The highest BCUT2D eigenvalue weighted by Crippen LogP contribution is 2.34. The van der Waals surface area contributed by atoms with Crippen molar-refractivity contribution in [2.45, 2.75) is 70.5 Å². The van der Waals surface area contributed by atoms with E-state index < -0.39 is 0 Å². The van der Waals surface area contributed by atoms with Crippen molar-refractivity contribution < 1.29 is 0 Å². The SMILES string of the molecule is CNC1CC(C)CC(C)C1N1CCC(N2CCCCC2)C1. The number of rotatable bonds is 3. The summed E-state index contributed by atoms with van der Waals surface area (Å²) in [5, 5.41) is 3.63. The summed E-state index contributed by atoms with van der Waals surface area (Å²) in [4.78, 5) is 5.62. The van der Waals surface area contributed by atoms with E-state index in [9.17, 15) is 0 Å². The largest absolute Gasteiger partial charge is 0.315 e. The van der Waals surface area contributed by atoms with Crippen LogP contribution in [0.1, 0.15) is 52.4 Å². The molecule has 5 atom stereocenters. The van der Waals surface area contributed by atoms with Crippen molar-refractivity contribution in [2.75, 3.05) is 33.2 Å². The molecule has 122 valence electrons. The van der Waals surface area contributed by atoms with Crippen LogP contribution in [-0.2, 0) is 0 Å². The highest BCUT2D eigenvalue weighted by Gasteiger charge is 2.40. The van der Waals surface area contributed by atoms with Gasteiger partial charge >= 0.3 is 0 Å². The van der Waals surface area contributed by atoms with Gasteiger partial charge in [0.15, 0.2) is 0 Å². The summed E-state index contributed by atoms with van der Waals surface area (Å²) in [6, 6.07) is 2.30. The van der Waals surface area contributed by atoms with Gasteiger partial charge in [-0.15, -0.1) is 0 Å². The summed E-state index contributed by atoms with van der Waals surface area (Å²) in [6.07, 6.45) is 8.46. The molecule has 2 saturated heterocycles. The molecule has 1 N–H and O–H groups in total. The van der Waals surface area contributed by atoms with Gasteiger partial charge in [-0.3, -0.25) is 9.80 Å². The van der Waals surface area contributed by atoms with Crippen molar-refractivity contribution in [3.8, 4) is 0 Å². The van der Waals surface area contributed by atoms with Gasteiger partial charge in [-0.25, -0.2) is 0 Å². The van der Waals surface area contributed by atoms with Crippen molar-refractivity contribution in [3.05, 3.63) is 0 Å². The Labute approximate surface area is 131 Å². The van der Waals surface area contributed by atoms with Crippen LogP contribution in [0.2, 0.25) is 0 Å². The van der Waals surface area contributed by atoms with Gasteiger partial charge < -0.3 is 5.32 Å². The van der Waals surface area contributed by atoms with Crippen LogP contribution in [0, 0.1) is 11.8 Å². The lowest BCUT2D eigenvalue weighted by Crippen LogP contribution is -2.55. The molecule has 0 bridgehead atoms. The number of likely N-dealkylation sites (tertiary alicyclic amines) is 2. The summed E-state index contributed by atoms with van der Waals surface area (Å²) in [5.74, 6) is 1.72. The highest BCUT2D eigenvalue weighted by atomic mass is 15.3. The zero-order valence-electron chi connectivity index (χ0n) is 14.4. The van der Waals surface area contributed by atoms with Gasteiger partial charge in [0.2, 0.25) is 0 Å². The van der Waals surface area contributed by atoms with E-state index in [1.54, 1.807) is 0 Å². The second-order valence-electron chi connectivity index (χ2n) is 7.97. The van der Waals surface area contributed by atoms with Crippen LogP contribution in [0.5, 0.6) is 0 Å². The molecule has 3 heteroatoms. The lowest BCUT2D eigenvalue weighted by Gasteiger charge is -2.45. The molecule has 0 radical (unpaired) electrons. The number of likely N-dealkylation sites (N-methyl/N-ethyl adjacent to an activating group) is 1. The minimum atomic E-state index is 0.698. The maximum atomic E-state index is 3.63. The summed E-state index contributed by atoms with van der Waals surface area (Å²) in [5.41, 5.74) is 0. The molecule has 3 rings (SSSR count). The fraction of sp³-hybridized carbons (Fsp3) is 1.00. The fourth-order valence-corrected chi connectivity index (χ4v) is 5.36. The lowest BCUT2D eigenvalue weighted by molar-refractivity contribution is 0.0720. The minimum absolute atomic E-state index is 0.698. The molecular weight excluding hydrogens is 258 g/mol. The van der Waals surface area contributed by atoms with E-state index in [1.807, 2.05) is 0 Å². The summed E-state index contributed by atoms with van der Waals surface area (Å²) in [6.45, 7) is 10.3. The van der Waals surface area contributed by atoms with Gasteiger partial charge in [0.05, 0.1) is 0 Å². The van der Waals surface area contributed by atoms with E-state index in [-0.39, 0.29) is 0 Å². The summed E-state index contributed by atoms with van der Waals surface area (Å²) < 4.78 is 0. The molecule has 0 spiro atoms. The predicted molar refractivity (Wildman–Crippen MR) is 89.6 cm³/mol. The first-order valence-electron chi connectivity index (χ1n) is 9.34. The highest BCUT2D eigenvalue weighted by molar-refractivity contribution is 4.97. The number of hydrogen-bond acceptors (Lipinski definition) is 3. The van der Waals surface area contributed by atoms with Crippen LogP contribution in [-0.4, -0.2) is 61.2 Å². The zero-order chi connectivity index (χ0) is 14.8. The van der Waals surface area contributed by atoms with Gasteiger partial charge in [0, 0.05) is 31.2 Å². The minimum Gasteiger partial charge on any atom is -0.315 e. The first kappa shape index (κ1) is 15.8. The molecule has 2 heterocycles. The molecule has 3 fully saturated rings. The van der Waals surface area contributed by atoms with Crippen molar-refractivity contribution in [1.29, 1.82) is 0 Å².